The minimum atomic E-state index is 0.791. The Hall–Kier alpha value is -1.27. The quantitative estimate of drug-likeness (QED) is 0.688. The smallest absolute Gasteiger partial charge is 0.0409 e. The molecule has 0 saturated heterocycles. The Morgan fingerprint density at radius 2 is 1.69 bits per heavy atom. The zero-order valence-electron chi connectivity index (χ0n) is 9.50. The molecule has 0 saturated carbocycles. The predicted octanol–water partition coefficient (Wildman–Crippen LogP) is 4.89. The van der Waals surface area contributed by atoms with Crippen LogP contribution in [0.5, 0.6) is 0 Å². The van der Waals surface area contributed by atoms with Crippen molar-refractivity contribution in [2.45, 2.75) is 13.8 Å². The average molecular weight is 230 g/mol. The molecule has 2 rings (SSSR count). The van der Waals surface area contributed by atoms with Crippen molar-refractivity contribution in [2.75, 3.05) is 0 Å². The summed E-state index contributed by atoms with van der Waals surface area (Å²) < 4.78 is 0. The maximum absolute atomic E-state index is 5.95. The Morgan fingerprint density at radius 3 is 2.25 bits per heavy atom. The van der Waals surface area contributed by atoms with Crippen LogP contribution in [-0.4, -0.2) is 0 Å². The second-order valence-electron chi connectivity index (χ2n) is 3.87. The Morgan fingerprint density at radius 1 is 1.00 bits per heavy atom. The Labute approximate surface area is 102 Å². The molecule has 0 heterocycles. The third-order valence-corrected chi connectivity index (χ3v) is 2.98. The van der Waals surface area contributed by atoms with E-state index >= 15 is 0 Å². The summed E-state index contributed by atoms with van der Waals surface area (Å²) in [6.45, 7) is 4.13. The first-order chi connectivity index (χ1) is 7.70. The molecule has 0 bridgehead atoms. The van der Waals surface area contributed by atoms with Gasteiger partial charge in [-0.15, -0.1) is 0 Å². The number of hydrogen-bond donors (Lipinski definition) is 0. The second kappa shape index (κ2) is 4.71. The van der Waals surface area contributed by atoms with Crippen molar-refractivity contribution in [3.63, 3.8) is 0 Å². The molecular weight excluding hydrogens is 216 g/mol. The summed E-state index contributed by atoms with van der Waals surface area (Å²) in [5.74, 6) is 0. The fraction of sp³-hybridized carbons (Fsp3) is 0.133. The molecule has 0 unspecified atom stereocenters. The molecule has 0 nitrogen and oxygen atoms in total. The normalized spacial score (nSPS) is 10.4. The molecule has 0 atom stereocenters. The Kier molecular flexibility index (Phi) is 3.31. The minimum Gasteiger partial charge on any atom is -0.0843 e. The van der Waals surface area contributed by atoms with Gasteiger partial charge >= 0.3 is 0 Å². The van der Waals surface area contributed by atoms with E-state index in [0.717, 1.165) is 5.02 Å². The first kappa shape index (κ1) is 11.2. The molecule has 0 fully saturated rings. The summed E-state index contributed by atoms with van der Waals surface area (Å²) >= 11 is 5.95. The summed E-state index contributed by atoms with van der Waals surface area (Å²) in [6.07, 6.45) is 2.10. The van der Waals surface area contributed by atoms with Crippen LogP contribution in [0.2, 0.25) is 5.02 Å². The Bertz CT molecular complexity index is 483. The molecule has 0 N–H and O–H groups in total. The molecule has 81 valence electrons. The fourth-order valence-corrected chi connectivity index (χ4v) is 2.03. The van der Waals surface area contributed by atoms with E-state index in [0.29, 0.717) is 0 Å². The van der Waals surface area contributed by atoms with E-state index in [1.807, 2.05) is 19.1 Å². The van der Waals surface area contributed by atoms with Crippen LogP contribution >= 0.6 is 11.6 Å². The summed E-state index contributed by atoms with van der Waals surface area (Å²) in [4.78, 5) is 0. The van der Waals surface area contributed by atoms with E-state index in [9.17, 15) is 0 Å². The highest BCUT2D eigenvalue weighted by Gasteiger charge is 2.02. The van der Waals surface area contributed by atoms with Crippen LogP contribution < -0.4 is 0 Å². The molecule has 0 aliphatic rings. The van der Waals surface area contributed by atoms with Gasteiger partial charge in [0, 0.05) is 5.02 Å². The highest BCUT2D eigenvalue weighted by Crippen LogP contribution is 2.26. The van der Waals surface area contributed by atoms with Crippen LogP contribution in [0.25, 0.3) is 11.1 Å². The van der Waals surface area contributed by atoms with Gasteiger partial charge < -0.3 is 0 Å². The number of benzene rings is 2. The maximum Gasteiger partial charge on any atom is 0.0409 e. The van der Waals surface area contributed by atoms with Gasteiger partial charge in [0.25, 0.3) is 0 Å². The van der Waals surface area contributed by atoms with Crippen LogP contribution in [0.15, 0.2) is 42.5 Å². The third-order valence-electron chi connectivity index (χ3n) is 2.74. The van der Waals surface area contributed by atoms with Crippen LogP contribution in [-0.2, 0) is 0 Å². The Balaban J connectivity index is 2.42. The van der Waals surface area contributed by atoms with Crippen molar-refractivity contribution in [1.82, 2.24) is 0 Å². The molecule has 1 radical (unpaired) electrons. The topological polar surface area (TPSA) is 0 Å². The molecule has 2 aromatic rings. The van der Waals surface area contributed by atoms with Gasteiger partial charge in [0.1, 0.15) is 0 Å². The van der Waals surface area contributed by atoms with Crippen LogP contribution in [0.3, 0.4) is 0 Å². The molecular formula is C15H14Cl. The van der Waals surface area contributed by atoms with Gasteiger partial charge in [-0.25, -0.2) is 0 Å². The molecule has 2 aromatic carbocycles. The van der Waals surface area contributed by atoms with Gasteiger partial charge in [-0.3, -0.25) is 0 Å². The summed E-state index contributed by atoms with van der Waals surface area (Å²) in [7, 11) is 0. The van der Waals surface area contributed by atoms with Crippen molar-refractivity contribution in [2.24, 2.45) is 0 Å². The standard InChI is InChI=1S/C15H14Cl/c1-3-12-4-6-13(7-5-12)15-9-8-14(16)10-11(15)2/h3-10H,1-2H3. The van der Waals surface area contributed by atoms with Gasteiger partial charge in [0.05, 0.1) is 0 Å². The average Bonchev–Trinajstić information content (AvgIpc) is 2.29. The van der Waals surface area contributed by atoms with E-state index in [2.05, 4.69) is 43.7 Å². The van der Waals surface area contributed by atoms with Gasteiger partial charge in [-0.1, -0.05) is 48.9 Å². The lowest BCUT2D eigenvalue weighted by Crippen LogP contribution is -1.84. The molecule has 1 heteroatoms. The lowest BCUT2D eigenvalue weighted by molar-refractivity contribution is 1.41. The van der Waals surface area contributed by atoms with Crippen molar-refractivity contribution in [3.05, 3.63) is 65.0 Å². The number of rotatable bonds is 2. The lowest BCUT2D eigenvalue weighted by Gasteiger charge is -2.07. The zero-order valence-corrected chi connectivity index (χ0v) is 10.3. The molecule has 0 aliphatic heterocycles. The van der Waals surface area contributed by atoms with Gasteiger partial charge in [0.15, 0.2) is 0 Å². The highest BCUT2D eigenvalue weighted by molar-refractivity contribution is 6.30. The summed E-state index contributed by atoms with van der Waals surface area (Å²) in [5.41, 5.74) is 4.93. The minimum absolute atomic E-state index is 0.791. The van der Waals surface area contributed by atoms with Gasteiger partial charge in [0.2, 0.25) is 0 Å². The summed E-state index contributed by atoms with van der Waals surface area (Å²) in [6, 6.07) is 14.5. The SMILES string of the molecule is C[CH]c1ccc(-c2ccc(Cl)cc2C)cc1. The molecule has 0 spiro atoms. The zero-order chi connectivity index (χ0) is 11.5. The second-order valence-corrected chi connectivity index (χ2v) is 4.31. The summed E-state index contributed by atoms with van der Waals surface area (Å²) in [5, 5.41) is 0.791. The van der Waals surface area contributed by atoms with Crippen LogP contribution in [0.4, 0.5) is 0 Å². The van der Waals surface area contributed by atoms with E-state index in [1.54, 1.807) is 0 Å². The fourth-order valence-electron chi connectivity index (χ4n) is 1.81. The number of aryl methyl sites for hydroxylation is 1. The first-order valence-corrected chi connectivity index (χ1v) is 5.74. The maximum atomic E-state index is 5.95. The molecule has 0 aliphatic carbocycles. The van der Waals surface area contributed by atoms with Gasteiger partial charge in [-0.05, 0) is 47.7 Å². The number of hydrogen-bond acceptors (Lipinski definition) is 0. The van der Waals surface area contributed by atoms with Crippen molar-refractivity contribution < 1.29 is 0 Å². The molecule has 0 aromatic heterocycles. The van der Waals surface area contributed by atoms with E-state index in [4.69, 9.17) is 11.6 Å². The molecule has 16 heavy (non-hydrogen) atoms. The predicted molar refractivity (Wildman–Crippen MR) is 70.7 cm³/mol. The van der Waals surface area contributed by atoms with Crippen LogP contribution in [0.1, 0.15) is 18.1 Å². The van der Waals surface area contributed by atoms with Crippen LogP contribution in [0, 0.1) is 13.3 Å². The monoisotopic (exact) mass is 229 g/mol. The van der Waals surface area contributed by atoms with E-state index in [1.165, 1.54) is 22.3 Å². The van der Waals surface area contributed by atoms with E-state index < -0.39 is 0 Å². The van der Waals surface area contributed by atoms with Crippen molar-refractivity contribution >= 4 is 11.6 Å². The van der Waals surface area contributed by atoms with E-state index in [-0.39, 0.29) is 0 Å². The van der Waals surface area contributed by atoms with Crippen molar-refractivity contribution in [1.29, 1.82) is 0 Å². The molecule has 0 amide bonds. The third kappa shape index (κ3) is 2.28. The van der Waals surface area contributed by atoms with Crippen molar-refractivity contribution in [3.8, 4) is 11.1 Å². The highest BCUT2D eigenvalue weighted by atomic mass is 35.5. The largest absolute Gasteiger partial charge is 0.0843 e. The van der Waals surface area contributed by atoms with Gasteiger partial charge in [-0.2, -0.15) is 0 Å². The first-order valence-electron chi connectivity index (χ1n) is 5.36. The lowest BCUT2D eigenvalue weighted by atomic mass is 9.99. The number of halogens is 1.